The highest BCUT2D eigenvalue weighted by atomic mass is 35.5. The van der Waals surface area contributed by atoms with Crippen molar-refractivity contribution in [1.29, 1.82) is 0 Å². The normalized spacial score (nSPS) is 11.0. The number of benzene rings is 3. The van der Waals surface area contributed by atoms with Gasteiger partial charge in [0.2, 0.25) is 0 Å². The van der Waals surface area contributed by atoms with E-state index in [-0.39, 0.29) is 23.0 Å². The molecule has 0 unspecified atom stereocenters. The van der Waals surface area contributed by atoms with E-state index in [1.165, 1.54) is 22.8 Å². The third-order valence-corrected chi connectivity index (χ3v) is 5.35. The van der Waals surface area contributed by atoms with Crippen LogP contribution in [0.5, 0.6) is 0 Å². The zero-order chi connectivity index (χ0) is 20.5. The van der Waals surface area contributed by atoms with Crippen molar-refractivity contribution >= 4 is 39.9 Å². The molecule has 0 amide bonds. The lowest BCUT2D eigenvalue weighted by Crippen LogP contribution is -2.40. The highest BCUT2D eigenvalue weighted by Crippen LogP contribution is 2.23. The maximum absolute atomic E-state index is 13.3. The summed E-state index contributed by atoms with van der Waals surface area (Å²) in [5.74, 6) is -0.239. The molecule has 144 valence electrons. The second-order valence-corrected chi connectivity index (χ2v) is 7.23. The molecule has 0 saturated heterocycles. The monoisotopic (exact) mass is 424 g/mol. The van der Waals surface area contributed by atoms with Crippen LogP contribution in [0.4, 0.5) is 0 Å². The molecular formula is C22H14Cl2N2O3. The Bertz CT molecular complexity index is 1360. The van der Waals surface area contributed by atoms with E-state index in [0.29, 0.717) is 21.5 Å². The van der Waals surface area contributed by atoms with Crippen molar-refractivity contribution in [2.75, 3.05) is 0 Å². The molecule has 4 aromatic rings. The van der Waals surface area contributed by atoms with Crippen molar-refractivity contribution in [3.8, 4) is 5.69 Å². The molecule has 4 rings (SSSR count). The number of nitrogens with zero attached hydrogens (tertiary/aromatic N) is 2. The Balaban J connectivity index is 1.97. The number of Topliss-reactive ketones (excluding diaryl/α,β-unsaturated/α-hetero) is 1. The molecule has 0 saturated carbocycles. The molecule has 1 aromatic heterocycles. The number of para-hydroxylation sites is 1. The number of ketones is 1. The van der Waals surface area contributed by atoms with Crippen molar-refractivity contribution in [1.82, 2.24) is 9.13 Å². The van der Waals surface area contributed by atoms with E-state index in [4.69, 9.17) is 23.2 Å². The van der Waals surface area contributed by atoms with Gasteiger partial charge in [0.25, 0.3) is 5.56 Å². The molecule has 3 aromatic carbocycles. The lowest BCUT2D eigenvalue weighted by atomic mass is 10.1. The Morgan fingerprint density at radius 1 is 0.828 bits per heavy atom. The minimum Gasteiger partial charge on any atom is -0.292 e. The third kappa shape index (κ3) is 3.50. The van der Waals surface area contributed by atoms with Crippen LogP contribution in [0, 0.1) is 0 Å². The average Bonchev–Trinajstić information content (AvgIpc) is 2.74. The van der Waals surface area contributed by atoms with Crippen LogP contribution in [0.1, 0.15) is 10.4 Å². The van der Waals surface area contributed by atoms with Gasteiger partial charge in [-0.25, -0.2) is 9.36 Å². The Morgan fingerprint density at radius 3 is 2.24 bits per heavy atom. The molecule has 29 heavy (non-hydrogen) atoms. The zero-order valence-electron chi connectivity index (χ0n) is 15.0. The van der Waals surface area contributed by atoms with Crippen LogP contribution in [0.15, 0.2) is 82.4 Å². The lowest BCUT2D eigenvalue weighted by Gasteiger charge is -2.14. The predicted molar refractivity (Wildman–Crippen MR) is 115 cm³/mol. The molecule has 0 aliphatic heterocycles. The van der Waals surface area contributed by atoms with Crippen molar-refractivity contribution in [2.24, 2.45) is 0 Å². The lowest BCUT2D eigenvalue weighted by molar-refractivity contribution is 0.0971. The van der Waals surface area contributed by atoms with Crippen LogP contribution in [0.3, 0.4) is 0 Å². The van der Waals surface area contributed by atoms with Gasteiger partial charge in [0, 0.05) is 5.56 Å². The molecule has 0 bridgehead atoms. The quantitative estimate of drug-likeness (QED) is 0.457. The Morgan fingerprint density at radius 2 is 1.52 bits per heavy atom. The number of aromatic nitrogens is 2. The number of halogens is 2. The largest absolute Gasteiger partial charge is 0.336 e. The summed E-state index contributed by atoms with van der Waals surface area (Å²) < 4.78 is 2.30. The van der Waals surface area contributed by atoms with Gasteiger partial charge in [0.05, 0.1) is 33.2 Å². The minimum atomic E-state index is -0.628. The summed E-state index contributed by atoms with van der Waals surface area (Å²) in [6.07, 6.45) is 0. The zero-order valence-corrected chi connectivity index (χ0v) is 16.5. The van der Waals surface area contributed by atoms with E-state index in [1.54, 1.807) is 48.5 Å². The van der Waals surface area contributed by atoms with E-state index >= 15 is 0 Å². The van der Waals surface area contributed by atoms with Gasteiger partial charge in [0.15, 0.2) is 5.78 Å². The van der Waals surface area contributed by atoms with Crippen LogP contribution in [-0.4, -0.2) is 14.9 Å². The molecule has 5 nitrogen and oxygen atoms in total. The summed E-state index contributed by atoms with van der Waals surface area (Å²) in [5, 5.41) is 0.846. The van der Waals surface area contributed by atoms with E-state index < -0.39 is 11.2 Å². The second kappa shape index (κ2) is 7.70. The van der Waals surface area contributed by atoms with Gasteiger partial charge in [-0.05, 0) is 30.3 Å². The minimum absolute atomic E-state index is 0.203. The molecule has 0 N–H and O–H groups in total. The Hall–Kier alpha value is -3.15. The van der Waals surface area contributed by atoms with Crippen molar-refractivity contribution < 1.29 is 4.79 Å². The van der Waals surface area contributed by atoms with Crippen molar-refractivity contribution in [2.45, 2.75) is 6.54 Å². The van der Waals surface area contributed by atoms with Gasteiger partial charge in [-0.1, -0.05) is 65.7 Å². The third-order valence-electron chi connectivity index (χ3n) is 4.61. The van der Waals surface area contributed by atoms with Crippen molar-refractivity contribution in [3.63, 3.8) is 0 Å². The van der Waals surface area contributed by atoms with E-state index in [2.05, 4.69) is 0 Å². The molecule has 0 fully saturated rings. The summed E-state index contributed by atoms with van der Waals surface area (Å²) in [5.41, 5.74) is 0.0312. The van der Waals surface area contributed by atoms with E-state index in [0.717, 1.165) is 4.57 Å². The fourth-order valence-electron chi connectivity index (χ4n) is 3.18. The summed E-state index contributed by atoms with van der Waals surface area (Å²) >= 11 is 12.0. The van der Waals surface area contributed by atoms with Crippen LogP contribution in [0.2, 0.25) is 10.0 Å². The number of fused-ring (bicyclic) bond motifs is 1. The topological polar surface area (TPSA) is 61.1 Å². The molecule has 7 heteroatoms. The van der Waals surface area contributed by atoms with Crippen LogP contribution in [-0.2, 0) is 6.54 Å². The second-order valence-electron chi connectivity index (χ2n) is 6.41. The first-order valence-corrected chi connectivity index (χ1v) is 9.51. The van der Waals surface area contributed by atoms with Gasteiger partial charge >= 0.3 is 5.69 Å². The maximum Gasteiger partial charge on any atom is 0.336 e. The van der Waals surface area contributed by atoms with E-state index in [9.17, 15) is 14.4 Å². The molecule has 0 radical (unpaired) electrons. The van der Waals surface area contributed by atoms with Crippen LogP contribution in [0.25, 0.3) is 16.6 Å². The average molecular weight is 425 g/mol. The highest BCUT2D eigenvalue weighted by Gasteiger charge is 2.17. The molecule has 0 atom stereocenters. The molecule has 1 heterocycles. The summed E-state index contributed by atoms with van der Waals surface area (Å²) in [6, 6.07) is 19.9. The first-order valence-electron chi connectivity index (χ1n) is 8.75. The highest BCUT2D eigenvalue weighted by molar-refractivity contribution is 6.42. The Kier molecular flexibility index (Phi) is 5.09. The molecular weight excluding hydrogens is 411 g/mol. The maximum atomic E-state index is 13.3. The number of rotatable bonds is 4. The summed E-state index contributed by atoms with van der Waals surface area (Å²) in [6.45, 7) is -0.203. The Labute approximate surface area is 175 Å². The fraction of sp³-hybridized carbons (Fsp3) is 0.0455. The fourth-order valence-corrected chi connectivity index (χ4v) is 3.48. The van der Waals surface area contributed by atoms with Crippen LogP contribution >= 0.6 is 23.2 Å². The van der Waals surface area contributed by atoms with Gasteiger partial charge in [0.1, 0.15) is 0 Å². The van der Waals surface area contributed by atoms with E-state index in [1.807, 2.05) is 6.07 Å². The SMILES string of the molecule is O=C(Cn1c(=O)n(-c2ccc(Cl)c(Cl)c2)c(=O)c2ccccc21)c1ccccc1. The van der Waals surface area contributed by atoms with Gasteiger partial charge in [-0.3, -0.25) is 14.2 Å². The summed E-state index contributed by atoms with van der Waals surface area (Å²) in [4.78, 5) is 39.1. The van der Waals surface area contributed by atoms with Crippen molar-refractivity contribution in [3.05, 3.63) is 109 Å². The first kappa shape index (κ1) is 19.2. The first-order chi connectivity index (χ1) is 14.0. The number of carbonyl (C=O) groups excluding carboxylic acids is 1. The molecule has 0 aliphatic carbocycles. The molecule has 0 aliphatic rings. The van der Waals surface area contributed by atoms with Gasteiger partial charge in [-0.15, -0.1) is 0 Å². The van der Waals surface area contributed by atoms with Gasteiger partial charge in [-0.2, -0.15) is 0 Å². The number of carbonyl (C=O) groups is 1. The van der Waals surface area contributed by atoms with Gasteiger partial charge < -0.3 is 0 Å². The number of hydrogen-bond donors (Lipinski definition) is 0. The van der Waals surface area contributed by atoms with Crippen LogP contribution < -0.4 is 11.2 Å². The smallest absolute Gasteiger partial charge is 0.292 e. The summed E-state index contributed by atoms with van der Waals surface area (Å²) in [7, 11) is 0. The predicted octanol–water partition coefficient (Wildman–Crippen LogP) is 4.34. The number of hydrogen-bond acceptors (Lipinski definition) is 3. The standard InChI is InChI=1S/C22H14Cl2N2O3/c23-17-11-10-15(12-18(17)24)26-21(28)16-8-4-5-9-19(16)25(22(26)29)13-20(27)14-6-2-1-3-7-14/h1-12H,13H2. The molecule has 0 spiro atoms.